The van der Waals surface area contributed by atoms with E-state index < -0.39 is 17.4 Å². The molecule has 6 nitrogen and oxygen atoms in total. The van der Waals surface area contributed by atoms with Gasteiger partial charge in [-0.1, -0.05) is 54.6 Å². The number of para-hydroxylation sites is 1. The predicted molar refractivity (Wildman–Crippen MR) is 119 cm³/mol. The van der Waals surface area contributed by atoms with Crippen LogP contribution in [0.25, 0.3) is 0 Å². The number of amides is 3. The molecule has 0 aliphatic carbocycles. The fourth-order valence-corrected chi connectivity index (χ4v) is 6.63. The van der Waals surface area contributed by atoms with Gasteiger partial charge in [0.25, 0.3) is 5.91 Å². The first-order chi connectivity index (χ1) is 15.6. The van der Waals surface area contributed by atoms with Crippen LogP contribution in [0.1, 0.15) is 24.0 Å². The van der Waals surface area contributed by atoms with Crippen LogP contribution < -0.4 is 4.90 Å². The molecule has 3 fully saturated rings. The predicted octanol–water partition coefficient (Wildman–Crippen LogP) is 2.69. The van der Waals surface area contributed by atoms with Gasteiger partial charge in [0.15, 0.2) is 0 Å². The summed E-state index contributed by atoms with van der Waals surface area (Å²) >= 11 is 0. The second kappa shape index (κ2) is 6.87. The summed E-state index contributed by atoms with van der Waals surface area (Å²) in [6, 6.07) is 17.2. The van der Waals surface area contributed by atoms with E-state index in [4.69, 9.17) is 0 Å². The molecule has 4 heterocycles. The zero-order chi connectivity index (χ0) is 22.0. The smallest absolute Gasteiger partial charge is 0.253 e. The molecule has 0 saturated carbocycles. The first-order valence-electron chi connectivity index (χ1n) is 11.3. The average molecular weight is 428 g/mol. The molecule has 4 atom stereocenters. The maximum absolute atomic E-state index is 14.1. The molecule has 4 aliphatic rings. The monoisotopic (exact) mass is 427 g/mol. The van der Waals surface area contributed by atoms with Crippen LogP contribution in [0, 0.1) is 11.8 Å². The Morgan fingerprint density at radius 3 is 2.50 bits per heavy atom. The second-order valence-electron chi connectivity index (χ2n) is 9.14. The Morgan fingerprint density at radius 2 is 1.72 bits per heavy atom. The highest BCUT2D eigenvalue weighted by atomic mass is 16.2. The maximum Gasteiger partial charge on any atom is 0.253 e. The van der Waals surface area contributed by atoms with Crippen LogP contribution in [-0.2, 0) is 26.5 Å². The van der Waals surface area contributed by atoms with Gasteiger partial charge in [0, 0.05) is 23.8 Å². The van der Waals surface area contributed by atoms with Crippen molar-refractivity contribution in [2.45, 2.75) is 31.0 Å². The highest BCUT2D eigenvalue weighted by molar-refractivity contribution is 6.16. The van der Waals surface area contributed by atoms with Gasteiger partial charge in [0.2, 0.25) is 11.8 Å². The summed E-state index contributed by atoms with van der Waals surface area (Å²) in [5.74, 6) is -1.62. The maximum atomic E-state index is 14.1. The largest absolute Gasteiger partial charge is 0.306 e. The Hall–Kier alpha value is -3.25. The number of carbonyl (C=O) groups excluding carboxylic acids is 3. The van der Waals surface area contributed by atoms with Crippen LogP contribution in [-0.4, -0.2) is 46.7 Å². The number of hydrogen-bond acceptors (Lipinski definition) is 4. The standard InChI is InChI=1S/C26H25N3O3/c1-2-14-27-19-12-7-6-11-18(19)26(25(27)32)22-21(20-13-8-15-29(20)26)23(30)28(24(22)31)16-17-9-4-3-5-10-17/h2-7,9-12,20-22H,1,8,13-16H2/t20-,21-,22+,26-/m1/s1. The molecule has 0 radical (unpaired) electrons. The molecule has 0 aromatic heterocycles. The quantitative estimate of drug-likeness (QED) is 0.556. The molecule has 0 N–H and O–H groups in total. The number of nitrogens with zero attached hydrogens (tertiary/aromatic N) is 3. The van der Waals surface area contributed by atoms with Gasteiger partial charge in [-0.05, 0) is 31.0 Å². The van der Waals surface area contributed by atoms with E-state index in [2.05, 4.69) is 11.5 Å². The Morgan fingerprint density at radius 1 is 0.969 bits per heavy atom. The molecule has 3 saturated heterocycles. The number of benzene rings is 2. The summed E-state index contributed by atoms with van der Waals surface area (Å²) in [5.41, 5.74) is 1.49. The Bertz CT molecular complexity index is 1150. The summed E-state index contributed by atoms with van der Waals surface area (Å²) in [7, 11) is 0. The summed E-state index contributed by atoms with van der Waals surface area (Å²) in [6.07, 6.45) is 3.47. The molecule has 162 valence electrons. The highest BCUT2D eigenvalue weighted by Gasteiger charge is 2.75. The van der Waals surface area contributed by atoms with Gasteiger partial charge in [0.1, 0.15) is 5.54 Å². The minimum atomic E-state index is -1.11. The third-order valence-electron chi connectivity index (χ3n) is 7.73. The molecule has 0 unspecified atom stereocenters. The zero-order valence-electron chi connectivity index (χ0n) is 17.8. The first-order valence-corrected chi connectivity index (χ1v) is 11.3. The Kier molecular flexibility index (Phi) is 4.17. The van der Waals surface area contributed by atoms with E-state index in [9.17, 15) is 14.4 Å². The first kappa shape index (κ1) is 19.4. The molecule has 32 heavy (non-hydrogen) atoms. The molecular formula is C26H25N3O3. The molecule has 0 bridgehead atoms. The number of hydrogen-bond donors (Lipinski definition) is 0. The summed E-state index contributed by atoms with van der Waals surface area (Å²) in [6.45, 7) is 5.18. The van der Waals surface area contributed by atoms with Crippen LogP contribution in [0.5, 0.6) is 0 Å². The third kappa shape index (κ3) is 2.25. The van der Waals surface area contributed by atoms with Gasteiger partial charge < -0.3 is 4.90 Å². The van der Waals surface area contributed by atoms with E-state index in [1.807, 2.05) is 54.6 Å². The molecule has 4 aliphatic heterocycles. The van der Waals surface area contributed by atoms with E-state index in [1.54, 1.807) is 11.0 Å². The van der Waals surface area contributed by atoms with E-state index >= 15 is 0 Å². The van der Waals surface area contributed by atoms with Crippen molar-refractivity contribution in [2.24, 2.45) is 11.8 Å². The highest BCUT2D eigenvalue weighted by Crippen LogP contribution is 2.61. The topological polar surface area (TPSA) is 60.9 Å². The van der Waals surface area contributed by atoms with E-state index in [1.165, 1.54) is 4.90 Å². The number of imide groups is 1. The van der Waals surface area contributed by atoms with Crippen molar-refractivity contribution in [3.05, 3.63) is 78.4 Å². The van der Waals surface area contributed by atoms with Gasteiger partial charge in [-0.3, -0.25) is 24.2 Å². The zero-order valence-corrected chi connectivity index (χ0v) is 17.8. The van der Waals surface area contributed by atoms with E-state index in [0.717, 1.165) is 36.2 Å². The van der Waals surface area contributed by atoms with Crippen molar-refractivity contribution in [2.75, 3.05) is 18.0 Å². The lowest BCUT2D eigenvalue weighted by atomic mass is 9.75. The van der Waals surface area contributed by atoms with E-state index in [-0.39, 0.29) is 30.3 Å². The Balaban J connectivity index is 1.51. The molecule has 6 rings (SSSR count). The number of fused-ring (bicyclic) bond motifs is 7. The third-order valence-corrected chi connectivity index (χ3v) is 7.73. The molecular weight excluding hydrogens is 402 g/mol. The van der Waals surface area contributed by atoms with Crippen molar-refractivity contribution < 1.29 is 14.4 Å². The summed E-state index contributed by atoms with van der Waals surface area (Å²) in [4.78, 5) is 47.0. The van der Waals surface area contributed by atoms with Gasteiger partial charge in [-0.15, -0.1) is 6.58 Å². The van der Waals surface area contributed by atoms with Crippen LogP contribution in [0.15, 0.2) is 67.3 Å². The lowest BCUT2D eigenvalue weighted by molar-refractivity contribution is -0.146. The van der Waals surface area contributed by atoms with Crippen LogP contribution >= 0.6 is 0 Å². The minimum absolute atomic E-state index is 0.0853. The number of rotatable bonds is 4. The number of carbonyl (C=O) groups is 3. The van der Waals surface area contributed by atoms with Crippen LogP contribution in [0.2, 0.25) is 0 Å². The SMILES string of the molecule is C=CCN1C(=O)[C@@]2(c3ccccc31)[C@@H]1C(=O)N(Cc3ccccc3)C(=O)[C@@H]1[C@H]1CCCN12. The van der Waals surface area contributed by atoms with Gasteiger partial charge >= 0.3 is 0 Å². The fraction of sp³-hybridized carbons (Fsp3) is 0.346. The van der Waals surface area contributed by atoms with Gasteiger partial charge in [-0.25, -0.2) is 0 Å². The van der Waals surface area contributed by atoms with Crippen LogP contribution in [0.4, 0.5) is 5.69 Å². The molecule has 6 heteroatoms. The minimum Gasteiger partial charge on any atom is -0.306 e. The van der Waals surface area contributed by atoms with Crippen molar-refractivity contribution in [3.8, 4) is 0 Å². The fourth-order valence-electron chi connectivity index (χ4n) is 6.63. The van der Waals surface area contributed by atoms with Crippen molar-refractivity contribution in [1.82, 2.24) is 9.80 Å². The van der Waals surface area contributed by atoms with Crippen LogP contribution in [0.3, 0.4) is 0 Å². The lowest BCUT2D eigenvalue weighted by Gasteiger charge is -2.37. The number of likely N-dealkylation sites (tertiary alicyclic amines) is 1. The second-order valence-corrected chi connectivity index (χ2v) is 9.14. The lowest BCUT2D eigenvalue weighted by Crippen LogP contribution is -2.55. The molecule has 2 aromatic rings. The summed E-state index contributed by atoms with van der Waals surface area (Å²) in [5, 5.41) is 0. The van der Waals surface area contributed by atoms with Gasteiger partial charge in [0.05, 0.1) is 18.4 Å². The summed E-state index contributed by atoms with van der Waals surface area (Å²) < 4.78 is 0. The van der Waals surface area contributed by atoms with Crippen molar-refractivity contribution in [1.29, 1.82) is 0 Å². The average Bonchev–Trinajstić information content (AvgIpc) is 3.51. The molecule has 2 aromatic carbocycles. The normalized spacial score (nSPS) is 30.9. The van der Waals surface area contributed by atoms with Gasteiger partial charge in [-0.2, -0.15) is 0 Å². The van der Waals surface area contributed by atoms with Crippen molar-refractivity contribution >= 4 is 23.4 Å². The van der Waals surface area contributed by atoms with E-state index in [0.29, 0.717) is 6.54 Å². The van der Waals surface area contributed by atoms with Crippen molar-refractivity contribution in [3.63, 3.8) is 0 Å². The molecule has 3 amide bonds. The number of anilines is 1. The molecule has 1 spiro atoms. The Labute approximate surface area is 187 Å².